The van der Waals surface area contributed by atoms with E-state index in [4.69, 9.17) is 10.6 Å². The largest absolute Gasteiger partial charge is 0.463 e. The summed E-state index contributed by atoms with van der Waals surface area (Å²) in [5, 5.41) is 7.98. The standard InChI is InChI=1S/C11H17N9O/c1-2-5-21-11-15-9(17-12)14-10(16-11)19-3-4-20-7-13-18-8(20)6-19/h7H,2-6,12H2,1H3,(H,14,15,16,17). The fourth-order valence-corrected chi connectivity index (χ4v) is 2.05. The van der Waals surface area contributed by atoms with Gasteiger partial charge in [-0.2, -0.15) is 15.0 Å². The fraction of sp³-hybridized carbons (Fsp3) is 0.545. The number of anilines is 2. The molecule has 0 amide bonds. The molecule has 1 aliphatic heterocycles. The number of nitrogens with zero attached hydrogens (tertiary/aromatic N) is 7. The topological polar surface area (TPSA) is 120 Å². The maximum atomic E-state index is 5.47. The predicted molar refractivity (Wildman–Crippen MR) is 74.5 cm³/mol. The van der Waals surface area contributed by atoms with Gasteiger partial charge in [-0.1, -0.05) is 6.92 Å². The summed E-state index contributed by atoms with van der Waals surface area (Å²) in [5.41, 5.74) is 2.44. The molecular formula is C11H17N9O. The Hall–Kier alpha value is -2.49. The number of aromatic nitrogens is 6. The Kier molecular flexibility index (Phi) is 3.77. The summed E-state index contributed by atoms with van der Waals surface area (Å²) in [6.07, 6.45) is 2.60. The highest BCUT2D eigenvalue weighted by Crippen LogP contribution is 2.19. The molecule has 3 N–H and O–H groups in total. The van der Waals surface area contributed by atoms with Crippen molar-refractivity contribution in [3.05, 3.63) is 12.2 Å². The van der Waals surface area contributed by atoms with E-state index in [0.717, 1.165) is 25.3 Å². The van der Waals surface area contributed by atoms with Gasteiger partial charge in [-0.25, -0.2) is 5.84 Å². The van der Waals surface area contributed by atoms with Gasteiger partial charge in [0, 0.05) is 13.1 Å². The van der Waals surface area contributed by atoms with Crippen molar-refractivity contribution in [3.63, 3.8) is 0 Å². The van der Waals surface area contributed by atoms with Crippen LogP contribution in [0.1, 0.15) is 19.2 Å². The van der Waals surface area contributed by atoms with Crippen molar-refractivity contribution in [1.29, 1.82) is 0 Å². The molecule has 0 atom stereocenters. The van der Waals surface area contributed by atoms with Gasteiger partial charge in [0.1, 0.15) is 6.33 Å². The average molecular weight is 291 g/mol. The van der Waals surface area contributed by atoms with Crippen molar-refractivity contribution >= 4 is 11.9 Å². The summed E-state index contributed by atoms with van der Waals surface area (Å²) in [5.74, 6) is 7.07. The molecule has 0 bridgehead atoms. The second kappa shape index (κ2) is 5.87. The lowest BCUT2D eigenvalue weighted by atomic mass is 10.4. The summed E-state index contributed by atoms with van der Waals surface area (Å²) in [4.78, 5) is 14.7. The molecule has 0 aliphatic carbocycles. The van der Waals surface area contributed by atoms with E-state index in [1.165, 1.54) is 0 Å². The van der Waals surface area contributed by atoms with E-state index in [0.29, 0.717) is 19.1 Å². The third-order valence-corrected chi connectivity index (χ3v) is 3.09. The minimum atomic E-state index is 0.266. The van der Waals surface area contributed by atoms with Crippen molar-refractivity contribution in [2.24, 2.45) is 5.84 Å². The second-order valence-electron chi connectivity index (χ2n) is 4.60. The number of fused-ring (bicyclic) bond motifs is 1. The fourth-order valence-electron chi connectivity index (χ4n) is 2.05. The molecule has 3 heterocycles. The third kappa shape index (κ3) is 2.84. The Labute approximate surface area is 121 Å². The van der Waals surface area contributed by atoms with Crippen LogP contribution in [0.25, 0.3) is 0 Å². The zero-order valence-electron chi connectivity index (χ0n) is 11.7. The predicted octanol–water partition coefficient (Wildman–Crippen LogP) is -0.442. The molecule has 0 spiro atoms. The summed E-state index contributed by atoms with van der Waals surface area (Å²) < 4.78 is 7.47. The first-order valence-electron chi connectivity index (χ1n) is 6.77. The van der Waals surface area contributed by atoms with Gasteiger partial charge in [0.25, 0.3) is 0 Å². The molecule has 10 heteroatoms. The van der Waals surface area contributed by atoms with E-state index >= 15 is 0 Å². The SMILES string of the molecule is CCCOc1nc(NN)nc(N2CCn3cnnc3C2)n1. The maximum absolute atomic E-state index is 5.47. The maximum Gasteiger partial charge on any atom is 0.323 e. The molecule has 0 aromatic carbocycles. The van der Waals surface area contributed by atoms with Crippen LogP contribution < -0.4 is 20.9 Å². The van der Waals surface area contributed by atoms with Crippen LogP contribution in [0, 0.1) is 0 Å². The molecule has 3 rings (SSSR count). The number of nitrogen functional groups attached to an aromatic ring is 1. The van der Waals surface area contributed by atoms with E-state index in [9.17, 15) is 0 Å². The molecule has 2 aromatic rings. The first-order valence-corrected chi connectivity index (χ1v) is 6.77. The molecule has 0 fully saturated rings. The van der Waals surface area contributed by atoms with Crippen LogP contribution in [0.2, 0.25) is 0 Å². The van der Waals surface area contributed by atoms with Gasteiger partial charge in [-0.15, -0.1) is 10.2 Å². The lowest BCUT2D eigenvalue weighted by molar-refractivity contribution is 0.291. The van der Waals surface area contributed by atoms with Crippen molar-refractivity contribution in [2.45, 2.75) is 26.4 Å². The zero-order chi connectivity index (χ0) is 14.7. The number of ether oxygens (including phenoxy) is 1. The van der Waals surface area contributed by atoms with E-state index in [2.05, 4.69) is 30.6 Å². The lowest BCUT2D eigenvalue weighted by Gasteiger charge is -2.27. The van der Waals surface area contributed by atoms with Gasteiger partial charge in [0.05, 0.1) is 13.2 Å². The van der Waals surface area contributed by atoms with Crippen molar-refractivity contribution in [2.75, 3.05) is 23.5 Å². The van der Waals surface area contributed by atoms with E-state index in [1.807, 2.05) is 16.4 Å². The van der Waals surface area contributed by atoms with Crippen LogP contribution in [-0.2, 0) is 13.1 Å². The monoisotopic (exact) mass is 291 g/mol. The number of nitrogens with one attached hydrogen (secondary N) is 1. The normalized spacial score (nSPS) is 13.9. The van der Waals surface area contributed by atoms with Gasteiger partial charge in [0.2, 0.25) is 11.9 Å². The van der Waals surface area contributed by atoms with Crippen molar-refractivity contribution < 1.29 is 4.74 Å². The third-order valence-electron chi connectivity index (χ3n) is 3.09. The Morgan fingerprint density at radius 2 is 2.24 bits per heavy atom. The smallest absolute Gasteiger partial charge is 0.323 e. The number of hydrogen-bond acceptors (Lipinski definition) is 9. The second-order valence-corrected chi connectivity index (χ2v) is 4.60. The Bertz CT molecular complexity index is 613. The highest BCUT2D eigenvalue weighted by Gasteiger charge is 2.21. The van der Waals surface area contributed by atoms with E-state index in [1.54, 1.807) is 6.33 Å². The van der Waals surface area contributed by atoms with Gasteiger partial charge < -0.3 is 14.2 Å². The summed E-state index contributed by atoms with van der Waals surface area (Å²) in [6, 6.07) is 0.266. The van der Waals surface area contributed by atoms with Crippen LogP contribution in [0.5, 0.6) is 6.01 Å². The minimum Gasteiger partial charge on any atom is -0.463 e. The Morgan fingerprint density at radius 1 is 1.33 bits per heavy atom. The molecule has 21 heavy (non-hydrogen) atoms. The first kappa shape index (κ1) is 13.5. The minimum absolute atomic E-state index is 0.266. The molecule has 10 nitrogen and oxygen atoms in total. The van der Waals surface area contributed by atoms with Gasteiger partial charge in [-0.05, 0) is 6.42 Å². The van der Waals surface area contributed by atoms with Crippen LogP contribution in [0.4, 0.5) is 11.9 Å². The quantitative estimate of drug-likeness (QED) is 0.557. The van der Waals surface area contributed by atoms with Crippen LogP contribution >= 0.6 is 0 Å². The summed E-state index contributed by atoms with van der Waals surface area (Å²) in [6.45, 7) is 4.68. The Morgan fingerprint density at radius 3 is 3.05 bits per heavy atom. The van der Waals surface area contributed by atoms with Gasteiger partial charge in [-0.3, -0.25) is 5.43 Å². The molecule has 112 valence electrons. The van der Waals surface area contributed by atoms with Crippen molar-refractivity contribution in [3.8, 4) is 6.01 Å². The van der Waals surface area contributed by atoms with E-state index in [-0.39, 0.29) is 12.0 Å². The number of hydrazine groups is 1. The van der Waals surface area contributed by atoms with Crippen LogP contribution in [0.15, 0.2) is 6.33 Å². The molecule has 2 aromatic heterocycles. The number of hydrogen-bond donors (Lipinski definition) is 2. The van der Waals surface area contributed by atoms with Gasteiger partial charge in [0.15, 0.2) is 5.82 Å². The number of nitrogens with two attached hydrogens (primary N) is 1. The first-order chi connectivity index (χ1) is 10.3. The molecule has 1 aliphatic rings. The van der Waals surface area contributed by atoms with Crippen LogP contribution in [-0.4, -0.2) is 42.9 Å². The van der Waals surface area contributed by atoms with Gasteiger partial charge >= 0.3 is 6.01 Å². The molecule has 0 saturated carbocycles. The van der Waals surface area contributed by atoms with Crippen molar-refractivity contribution in [1.82, 2.24) is 29.7 Å². The molecule has 0 radical (unpaired) electrons. The molecular weight excluding hydrogens is 274 g/mol. The highest BCUT2D eigenvalue weighted by molar-refractivity contribution is 5.38. The van der Waals surface area contributed by atoms with Crippen LogP contribution in [0.3, 0.4) is 0 Å². The number of rotatable bonds is 5. The molecule has 0 saturated heterocycles. The molecule has 0 unspecified atom stereocenters. The average Bonchev–Trinajstić information content (AvgIpc) is 3.00. The highest BCUT2D eigenvalue weighted by atomic mass is 16.5. The lowest BCUT2D eigenvalue weighted by Crippen LogP contribution is -2.35. The summed E-state index contributed by atoms with van der Waals surface area (Å²) >= 11 is 0. The zero-order valence-corrected chi connectivity index (χ0v) is 11.7. The Balaban J connectivity index is 1.84. The summed E-state index contributed by atoms with van der Waals surface area (Å²) in [7, 11) is 0. The van der Waals surface area contributed by atoms with E-state index < -0.39 is 0 Å².